The molecule has 0 aromatic heterocycles. The molecule has 132 valence electrons. The van der Waals surface area contributed by atoms with E-state index in [9.17, 15) is 9.59 Å². The Kier molecular flexibility index (Phi) is 7.34. The summed E-state index contributed by atoms with van der Waals surface area (Å²) in [5.41, 5.74) is 0.380. The van der Waals surface area contributed by atoms with Gasteiger partial charge in [-0.1, -0.05) is 30.1 Å². The van der Waals surface area contributed by atoms with E-state index in [0.29, 0.717) is 15.6 Å². The fourth-order valence-electron chi connectivity index (χ4n) is 2.80. The number of piperidine rings is 1. The Hall–Kier alpha value is -1.30. The van der Waals surface area contributed by atoms with Gasteiger partial charge in [-0.15, -0.1) is 0 Å². The van der Waals surface area contributed by atoms with Gasteiger partial charge in [-0.25, -0.2) is 0 Å². The molecule has 0 spiro atoms. The van der Waals surface area contributed by atoms with E-state index < -0.39 is 0 Å². The van der Waals surface area contributed by atoms with Crippen LogP contribution in [0.5, 0.6) is 0 Å². The average Bonchev–Trinajstić information content (AvgIpc) is 2.57. The Labute approximate surface area is 152 Å². The minimum Gasteiger partial charge on any atom is -0.352 e. The maximum absolute atomic E-state index is 12.0. The number of hydrogen-bond donors (Lipinski definition) is 2. The fraction of sp³-hybridized carbons (Fsp3) is 0.529. The first-order valence-electron chi connectivity index (χ1n) is 8.24. The molecule has 0 atom stereocenters. The molecule has 1 aliphatic rings. The van der Waals surface area contributed by atoms with Crippen LogP contribution < -0.4 is 10.6 Å². The lowest BCUT2D eigenvalue weighted by atomic mass is 10.0. The Bertz CT molecular complexity index is 587. The minimum absolute atomic E-state index is 0.0474. The number of nitrogens with zero attached hydrogens (tertiary/aromatic N) is 1. The molecule has 1 heterocycles. The van der Waals surface area contributed by atoms with Crippen LogP contribution in [0.3, 0.4) is 0 Å². The van der Waals surface area contributed by atoms with Crippen LogP contribution in [-0.2, 0) is 4.79 Å². The SMILES string of the molecule is CCCN1CCC(NC(=O)CNC(=O)c2ccc(Cl)c(Cl)c2)CC1. The summed E-state index contributed by atoms with van der Waals surface area (Å²) in [5, 5.41) is 6.28. The van der Waals surface area contributed by atoms with Gasteiger partial charge in [0.25, 0.3) is 5.91 Å². The van der Waals surface area contributed by atoms with Gasteiger partial charge in [0.1, 0.15) is 0 Å². The lowest BCUT2D eigenvalue weighted by molar-refractivity contribution is -0.121. The van der Waals surface area contributed by atoms with Crippen LogP contribution >= 0.6 is 23.2 Å². The number of nitrogens with one attached hydrogen (secondary N) is 2. The topological polar surface area (TPSA) is 61.4 Å². The van der Waals surface area contributed by atoms with Crippen molar-refractivity contribution in [1.29, 1.82) is 0 Å². The highest BCUT2D eigenvalue weighted by molar-refractivity contribution is 6.42. The van der Waals surface area contributed by atoms with Crippen LogP contribution in [-0.4, -0.2) is 48.9 Å². The highest BCUT2D eigenvalue weighted by Gasteiger charge is 2.20. The third-order valence-electron chi connectivity index (χ3n) is 4.08. The molecule has 24 heavy (non-hydrogen) atoms. The first-order valence-corrected chi connectivity index (χ1v) is 9.00. The maximum atomic E-state index is 12.0. The van der Waals surface area contributed by atoms with Gasteiger partial charge >= 0.3 is 0 Å². The van der Waals surface area contributed by atoms with E-state index in [1.165, 1.54) is 6.07 Å². The molecule has 2 N–H and O–H groups in total. The molecular formula is C17H23Cl2N3O2. The largest absolute Gasteiger partial charge is 0.352 e. The lowest BCUT2D eigenvalue weighted by Gasteiger charge is -2.32. The predicted molar refractivity (Wildman–Crippen MR) is 96.7 cm³/mol. The van der Waals surface area contributed by atoms with Gasteiger partial charge < -0.3 is 15.5 Å². The summed E-state index contributed by atoms with van der Waals surface area (Å²) in [6.45, 7) is 5.25. The molecule has 1 aromatic carbocycles. The molecule has 0 aliphatic carbocycles. The Morgan fingerprint density at radius 1 is 1.21 bits per heavy atom. The summed E-state index contributed by atoms with van der Waals surface area (Å²) in [6.07, 6.45) is 3.05. The predicted octanol–water partition coefficient (Wildman–Crippen LogP) is 2.71. The van der Waals surface area contributed by atoms with Crippen LogP contribution in [0.1, 0.15) is 36.5 Å². The highest BCUT2D eigenvalue weighted by atomic mass is 35.5. The zero-order valence-corrected chi connectivity index (χ0v) is 15.3. The van der Waals surface area contributed by atoms with Crippen molar-refractivity contribution in [2.45, 2.75) is 32.2 Å². The van der Waals surface area contributed by atoms with Crippen LogP contribution in [0.4, 0.5) is 0 Å². The maximum Gasteiger partial charge on any atom is 0.251 e. The molecule has 7 heteroatoms. The summed E-state index contributed by atoms with van der Waals surface area (Å²) in [4.78, 5) is 26.4. The number of likely N-dealkylation sites (tertiary alicyclic amines) is 1. The normalized spacial score (nSPS) is 16.0. The molecule has 0 radical (unpaired) electrons. The second-order valence-electron chi connectivity index (χ2n) is 5.99. The molecule has 0 saturated carbocycles. The van der Waals surface area contributed by atoms with Gasteiger partial charge in [0.05, 0.1) is 16.6 Å². The molecule has 0 unspecified atom stereocenters. The highest BCUT2D eigenvalue weighted by Crippen LogP contribution is 2.22. The van der Waals surface area contributed by atoms with Crippen molar-refractivity contribution in [3.8, 4) is 0 Å². The summed E-state index contributed by atoms with van der Waals surface area (Å²) in [6, 6.07) is 4.81. The summed E-state index contributed by atoms with van der Waals surface area (Å²) < 4.78 is 0. The monoisotopic (exact) mass is 371 g/mol. The van der Waals surface area contributed by atoms with Crippen LogP contribution in [0.15, 0.2) is 18.2 Å². The van der Waals surface area contributed by atoms with Gasteiger partial charge in [0.2, 0.25) is 5.91 Å². The van der Waals surface area contributed by atoms with Gasteiger partial charge in [-0.05, 0) is 44.0 Å². The van der Waals surface area contributed by atoms with E-state index in [1.807, 2.05) is 0 Å². The van der Waals surface area contributed by atoms with Crippen molar-refractivity contribution in [2.75, 3.05) is 26.2 Å². The third kappa shape index (κ3) is 5.65. The number of benzene rings is 1. The van der Waals surface area contributed by atoms with Crippen molar-refractivity contribution in [3.05, 3.63) is 33.8 Å². The molecule has 5 nitrogen and oxygen atoms in total. The molecule has 2 amide bonds. The number of amides is 2. The van der Waals surface area contributed by atoms with Crippen molar-refractivity contribution in [3.63, 3.8) is 0 Å². The third-order valence-corrected chi connectivity index (χ3v) is 4.82. The van der Waals surface area contributed by atoms with Crippen LogP contribution in [0.2, 0.25) is 10.0 Å². The molecular weight excluding hydrogens is 349 g/mol. The van der Waals surface area contributed by atoms with Gasteiger partial charge in [-0.3, -0.25) is 9.59 Å². The quantitative estimate of drug-likeness (QED) is 0.807. The van der Waals surface area contributed by atoms with Crippen molar-refractivity contribution >= 4 is 35.0 Å². The summed E-state index contributed by atoms with van der Waals surface area (Å²) >= 11 is 11.7. The molecule has 1 fully saturated rings. The number of hydrogen-bond acceptors (Lipinski definition) is 3. The second-order valence-corrected chi connectivity index (χ2v) is 6.81. The number of halogens is 2. The summed E-state index contributed by atoms with van der Waals surface area (Å²) in [7, 11) is 0. The smallest absolute Gasteiger partial charge is 0.251 e. The first kappa shape index (κ1) is 19.0. The molecule has 1 aromatic rings. The van der Waals surface area contributed by atoms with Crippen molar-refractivity contribution < 1.29 is 9.59 Å². The van der Waals surface area contributed by atoms with E-state index in [-0.39, 0.29) is 24.4 Å². The van der Waals surface area contributed by atoms with Gasteiger partial charge in [0.15, 0.2) is 0 Å². The minimum atomic E-state index is -0.346. The number of rotatable bonds is 6. The van der Waals surface area contributed by atoms with Crippen molar-refractivity contribution in [2.24, 2.45) is 0 Å². The van der Waals surface area contributed by atoms with E-state index in [0.717, 1.165) is 38.9 Å². The van der Waals surface area contributed by atoms with E-state index in [2.05, 4.69) is 22.5 Å². The molecule has 0 bridgehead atoms. The van der Waals surface area contributed by atoms with E-state index in [1.54, 1.807) is 12.1 Å². The van der Waals surface area contributed by atoms with E-state index in [4.69, 9.17) is 23.2 Å². The fourth-order valence-corrected chi connectivity index (χ4v) is 3.09. The zero-order valence-electron chi connectivity index (χ0n) is 13.8. The average molecular weight is 372 g/mol. The molecule has 2 rings (SSSR count). The lowest BCUT2D eigenvalue weighted by Crippen LogP contribution is -2.47. The van der Waals surface area contributed by atoms with Crippen LogP contribution in [0.25, 0.3) is 0 Å². The summed E-state index contributed by atoms with van der Waals surface area (Å²) in [5.74, 6) is -0.515. The zero-order chi connectivity index (χ0) is 17.5. The molecule has 1 aliphatic heterocycles. The Morgan fingerprint density at radius 2 is 1.92 bits per heavy atom. The van der Waals surface area contributed by atoms with Gasteiger partial charge in [-0.2, -0.15) is 0 Å². The number of carbonyl (C=O) groups excluding carboxylic acids is 2. The number of carbonyl (C=O) groups is 2. The first-order chi connectivity index (χ1) is 11.5. The van der Waals surface area contributed by atoms with E-state index >= 15 is 0 Å². The van der Waals surface area contributed by atoms with Gasteiger partial charge in [0, 0.05) is 24.7 Å². The molecule has 1 saturated heterocycles. The standard InChI is InChI=1S/C17H23Cl2N3O2/c1-2-7-22-8-5-13(6-9-22)21-16(23)11-20-17(24)12-3-4-14(18)15(19)10-12/h3-4,10,13H,2,5-9,11H2,1H3,(H,20,24)(H,21,23). The Balaban J connectivity index is 1.73. The Morgan fingerprint density at radius 3 is 2.54 bits per heavy atom. The second kappa shape index (κ2) is 9.25. The van der Waals surface area contributed by atoms with Crippen LogP contribution in [0, 0.1) is 0 Å². The van der Waals surface area contributed by atoms with Crippen molar-refractivity contribution in [1.82, 2.24) is 15.5 Å².